The van der Waals surface area contributed by atoms with E-state index in [1.807, 2.05) is 0 Å². The van der Waals surface area contributed by atoms with Gasteiger partial charge in [0.25, 0.3) is 0 Å². The average molecular weight is 396 g/mol. The SMILES string of the molecule is C/C(=N\OC(Cn1ccnc1)c1ccc(F)cc1F)c1ccccc1F.Cl. The van der Waals surface area contributed by atoms with Gasteiger partial charge in [0.2, 0.25) is 0 Å². The van der Waals surface area contributed by atoms with Crippen molar-refractivity contribution in [1.29, 1.82) is 0 Å². The molecule has 1 unspecified atom stereocenters. The molecular weight excluding hydrogens is 379 g/mol. The van der Waals surface area contributed by atoms with Crippen LogP contribution in [0.4, 0.5) is 13.2 Å². The molecule has 0 aliphatic heterocycles. The van der Waals surface area contributed by atoms with E-state index in [-0.39, 0.29) is 30.1 Å². The molecule has 1 heterocycles. The summed E-state index contributed by atoms with van der Waals surface area (Å²) in [6, 6.07) is 9.38. The smallest absolute Gasteiger partial charge is 0.173 e. The number of imidazole rings is 1. The maximum atomic E-state index is 14.2. The number of oxime groups is 1. The van der Waals surface area contributed by atoms with Gasteiger partial charge >= 0.3 is 0 Å². The second-order valence-electron chi connectivity index (χ2n) is 5.68. The predicted molar refractivity (Wildman–Crippen MR) is 98.3 cm³/mol. The molecule has 0 amide bonds. The number of hydrogen-bond acceptors (Lipinski definition) is 3. The van der Waals surface area contributed by atoms with Crippen LogP contribution in [0.25, 0.3) is 0 Å². The molecule has 4 nitrogen and oxygen atoms in total. The summed E-state index contributed by atoms with van der Waals surface area (Å²) in [5.74, 6) is -1.86. The third kappa shape index (κ3) is 5.10. The van der Waals surface area contributed by atoms with Gasteiger partial charge < -0.3 is 9.40 Å². The Morgan fingerprint density at radius 3 is 2.59 bits per heavy atom. The van der Waals surface area contributed by atoms with Gasteiger partial charge in [0.05, 0.1) is 18.6 Å². The zero-order chi connectivity index (χ0) is 18.5. The largest absolute Gasteiger partial charge is 0.385 e. The van der Waals surface area contributed by atoms with Crippen LogP contribution in [-0.2, 0) is 11.4 Å². The molecule has 0 N–H and O–H groups in total. The molecule has 3 rings (SSSR count). The van der Waals surface area contributed by atoms with Gasteiger partial charge in [-0.05, 0) is 25.1 Å². The van der Waals surface area contributed by atoms with Gasteiger partial charge in [-0.3, -0.25) is 0 Å². The minimum absolute atomic E-state index is 0. The Bertz CT molecular complexity index is 916. The summed E-state index contributed by atoms with van der Waals surface area (Å²) in [5.41, 5.74) is 0.736. The lowest BCUT2D eigenvalue weighted by atomic mass is 10.1. The van der Waals surface area contributed by atoms with E-state index in [2.05, 4.69) is 10.1 Å². The second kappa shape index (κ2) is 9.23. The highest BCUT2D eigenvalue weighted by molar-refractivity contribution is 5.98. The van der Waals surface area contributed by atoms with Crippen molar-refractivity contribution < 1.29 is 18.0 Å². The number of halogens is 4. The lowest BCUT2D eigenvalue weighted by Gasteiger charge is -2.17. The third-order valence-electron chi connectivity index (χ3n) is 3.83. The molecule has 0 radical (unpaired) electrons. The van der Waals surface area contributed by atoms with E-state index in [1.165, 1.54) is 12.1 Å². The summed E-state index contributed by atoms with van der Waals surface area (Å²) in [7, 11) is 0. The van der Waals surface area contributed by atoms with Gasteiger partial charge in [0.1, 0.15) is 17.5 Å². The molecule has 2 aromatic carbocycles. The maximum Gasteiger partial charge on any atom is 0.173 e. The molecule has 1 aromatic heterocycles. The summed E-state index contributed by atoms with van der Waals surface area (Å²) in [6.07, 6.45) is 3.97. The first-order valence-corrected chi connectivity index (χ1v) is 7.90. The fraction of sp³-hybridized carbons (Fsp3) is 0.158. The Labute approximate surface area is 160 Å². The van der Waals surface area contributed by atoms with Gasteiger partial charge in [0.15, 0.2) is 6.10 Å². The maximum absolute atomic E-state index is 14.2. The van der Waals surface area contributed by atoms with Gasteiger partial charge in [-0.2, -0.15) is 0 Å². The van der Waals surface area contributed by atoms with Crippen molar-refractivity contribution in [3.05, 3.63) is 89.8 Å². The Hall–Kier alpha value is -2.80. The fourth-order valence-electron chi connectivity index (χ4n) is 2.48. The van der Waals surface area contributed by atoms with E-state index >= 15 is 0 Å². The van der Waals surface area contributed by atoms with E-state index in [9.17, 15) is 13.2 Å². The first kappa shape index (κ1) is 20.5. The first-order chi connectivity index (χ1) is 12.5. The van der Waals surface area contributed by atoms with Crippen molar-refractivity contribution in [1.82, 2.24) is 9.55 Å². The molecule has 0 aliphatic carbocycles. The molecule has 0 saturated heterocycles. The summed E-state index contributed by atoms with van der Waals surface area (Å²) in [6.45, 7) is 1.80. The number of hydrogen-bond donors (Lipinski definition) is 0. The molecule has 1 atom stereocenters. The molecule has 3 aromatic rings. The molecule has 0 saturated carbocycles. The molecule has 0 fully saturated rings. The van der Waals surface area contributed by atoms with Crippen molar-refractivity contribution in [3.8, 4) is 0 Å². The van der Waals surface area contributed by atoms with Crippen LogP contribution in [0.5, 0.6) is 0 Å². The molecular formula is C19H17ClF3N3O. The normalized spacial score (nSPS) is 12.4. The molecule has 0 spiro atoms. The minimum Gasteiger partial charge on any atom is -0.385 e. The number of benzene rings is 2. The third-order valence-corrected chi connectivity index (χ3v) is 3.83. The Morgan fingerprint density at radius 2 is 1.93 bits per heavy atom. The Kier molecular flexibility index (Phi) is 7.01. The van der Waals surface area contributed by atoms with Crippen LogP contribution >= 0.6 is 12.4 Å². The van der Waals surface area contributed by atoms with Gasteiger partial charge in [-0.15, -0.1) is 12.4 Å². The van der Waals surface area contributed by atoms with Crippen molar-refractivity contribution in [2.45, 2.75) is 19.6 Å². The highest BCUT2D eigenvalue weighted by Gasteiger charge is 2.19. The molecule has 27 heavy (non-hydrogen) atoms. The van der Waals surface area contributed by atoms with E-state index in [1.54, 1.807) is 48.4 Å². The standard InChI is InChI=1S/C19H16F3N3O.ClH/c1-13(15-4-2-3-5-17(15)21)24-26-19(11-25-9-8-23-12-25)16-7-6-14(20)10-18(16)22;/h2-10,12,19H,11H2,1H3;1H/b24-13+;. The minimum atomic E-state index is -0.841. The van der Waals surface area contributed by atoms with Crippen LogP contribution in [0.3, 0.4) is 0 Å². The molecule has 0 bridgehead atoms. The summed E-state index contributed by atoms with van der Waals surface area (Å²) >= 11 is 0. The topological polar surface area (TPSA) is 39.4 Å². The van der Waals surface area contributed by atoms with Crippen molar-refractivity contribution in [3.63, 3.8) is 0 Å². The van der Waals surface area contributed by atoms with Crippen LogP contribution in [0, 0.1) is 17.5 Å². The zero-order valence-electron chi connectivity index (χ0n) is 14.3. The van der Waals surface area contributed by atoms with E-state index < -0.39 is 23.6 Å². The monoisotopic (exact) mass is 395 g/mol. The van der Waals surface area contributed by atoms with Gasteiger partial charge in [-0.1, -0.05) is 23.4 Å². The zero-order valence-corrected chi connectivity index (χ0v) is 15.2. The van der Waals surface area contributed by atoms with E-state index in [4.69, 9.17) is 4.84 Å². The van der Waals surface area contributed by atoms with E-state index in [0.717, 1.165) is 12.1 Å². The van der Waals surface area contributed by atoms with E-state index in [0.29, 0.717) is 5.71 Å². The lowest BCUT2D eigenvalue weighted by Crippen LogP contribution is -2.13. The van der Waals surface area contributed by atoms with Crippen molar-refractivity contribution in [2.24, 2.45) is 5.16 Å². The second-order valence-corrected chi connectivity index (χ2v) is 5.68. The van der Waals surface area contributed by atoms with Crippen molar-refractivity contribution in [2.75, 3.05) is 0 Å². The van der Waals surface area contributed by atoms with Gasteiger partial charge in [-0.25, -0.2) is 18.2 Å². The predicted octanol–water partition coefficient (Wildman–Crippen LogP) is 4.90. The van der Waals surface area contributed by atoms with Crippen molar-refractivity contribution >= 4 is 18.1 Å². The summed E-state index contributed by atoms with van der Waals surface area (Å²) < 4.78 is 42.9. The molecule has 8 heteroatoms. The quantitative estimate of drug-likeness (QED) is 0.439. The summed E-state index contributed by atoms with van der Waals surface area (Å²) in [4.78, 5) is 9.43. The molecule has 142 valence electrons. The number of nitrogens with zero attached hydrogens (tertiary/aromatic N) is 3. The van der Waals surface area contributed by atoms with Crippen LogP contribution in [0.1, 0.15) is 24.2 Å². The summed E-state index contributed by atoms with van der Waals surface area (Å²) in [5, 5.41) is 3.96. The average Bonchev–Trinajstić information content (AvgIpc) is 3.12. The Balaban J connectivity index is 0.00000261. The Morgan fingerprint density at radius 1 is 1.15 bits per heavy atom. The lowest BCUT2D eigenvalue weighted by molar-refractivity contribution is 0.0431. The van der Waals surface area contributed by atoms with Crippen LogP contribution in [0.15, 0.2) is 66.3 Å². The highest BCUT2D eigenvalue weighted by Crippen LogP contribution is 2.24. The van der Waals surface area contributed by atoms with Crippen LogP contribution in [0.2, 0.25) is 0 Å². The molecule has 0 aliphatic rings. The first-order valence-electron chi connectivity index (χ1n) is 7.90. The highest BCUT2D eigenvalue weighted by atomic mass is 35.5. The van der Waals surface area contributed by atoms with Gasteiger partial charge in [0, 0.05) is 29.6 Å². The number of aromatic nitrogens is 2. The number of rotatable bonds is 6. The fourth-order valence-corrected chi connectivity index (χ4v) is 2.48. The van der Waals surface area contributed by atoms with Crippen LogP contribution in [-0.4, -0.2) is 15.3 Å². The van der Waals surface area contributed by atoms with Crippen LogP contribution < -0.4 is 0 Å².